The fraction of sp³-hybridized carbons (Fsp3) is 1.00. The Morgan fingerprint density at radius 1 is 1.37 bits per heavy atom. The Labute approximate surface area is 117 Å². The van der Waals surface area contributed by atoms with E-state index < -0.39 is 5.60 Å². The van der Waals surface area contributed by atoms with Gasteiger partial charge in [-0.05, 0) is 38.6 Å². The Hall–Kier alpha value is -0.160. The number of nitrogens with zero attached hydrogens (tertiary/aromatic N) is 1. The van der Waals surface area contributed by atoms with Gasteiger partial charge in [0.15, 0.2) is 0 Å². The van der Waals surface area contributed by atoms with Crippen molar-refractivity contribution in [3.8, 4) is 0 Å². The highest BCUT2D eigenvalue weighted by molar-refractivity contribution is 4.88. The van der Waals surface area contributed by atoms with Crippen LogP contribution in [-0.4, -0.2) is 54.0 Å². The minimum atomic E-state index is -0.655. The summed E-state index contributed by atoms with van der Waals surface area (Å²) in [5.41, 5.74) is 5.00. The fourth-order valence-corrected chi connectivity index (χ4v) is 3.49. The van der Waals surface area contributed by atoms with Crippen molar-refractivity contribution < 1.29 is 9.84 Å². The lowest BCUT2D eigenvalue weighted by atomic mass is 9.89. The minimum absolute atomic E-state index is 0.374. The normalized spacial score (nSPS) is 31.7. The van der Waals surface area contributed by atoms with Crippen molar-refractivity contribution in [1.29, 1.82) is 0 Å². The van der Waals surface area contributed by atoms with Gasteiger partial charge >= 0.3 is 0 Å². The van der Waals surface area contributed by atoms with Crippen LogP contribution in [0.15, 0.2) is 0 Å². The van der Waals surface area contributed by atoms with Crippen LogP contribution in [0.1, 0.15) is 51.9 Å². The van der Waals surface area contributed by atoms with Gasteiger partial charge in [-0.2, -0.15) is 0 Å². The Bertz CT molecular complexity index is 267. The summed E-state index contributed by atoms with van der Waals surface area (Å²) in [6.45, 7) is 5.38. The summed E-state index contributed by atoms with van der Waals surface area (Å²) in [6, 6.07) is 0.620. The largest absolute Gasteiger partial charge is 0.389 e. The van der Waals surface area contributed by atoms with Crippen LogP contribution in [0.25, 0.3) is 0 Å². The fourth-order valence-electron chi connectivity index (χ4n) is 3.49. The first-order valence-electron chi connectivity index (χ1n) is 7.96. The molecule has 2 fully saturated rings. The van der Waals surface area contributed by atoms with Crippen LogP contribution in [0.5, 0.6) is 0 Å². The van der Waals surface area contributed by atoms with E-state index in [1.54, 1.807) is 0 Å². The number of nitrogens with two attached hydrogens (primary N) is 1. The maximum Gasteiger partial charge on any atom is 0.0767 e. The number of rotatable bonds is 6. The second kappa shape index (κ2) is 7.02. The number of morpholine rings is 1. The molecule has 19 heavy (non-hydrogen) atoms. The molecule has 3 atom stereocenters. The molecule has 1 aliphatic carbocycles. The Morgan fingerprint density at radius 3 is 2.89 bits per heavy atom. The lowest BCUT2D eigenvalue weighted by Crippen LogP contribution is -2.53. The highest BCUT2D eigenvalue weighted by Gasteiger charge is 2.34. The number of hydrogen-bond donors (Lipinski definition) is 2. The molecule has 0 aromatic rings. The van der Waals surface area contributed by atoms with Crippen LogP contribution in [0.4, 0.5) is 0 Å². The van der Waals surface area contributed by atoms with Crippen LogP contribution < -0.4 is 5.73 Å². The Morgan fingerprint density at radius 2 is 2.16 bits per heavy atom. The highest BCUT2D eigenvalue weighted by atomic mass is 16.5. The summed E-state index contributed by atoms with van der Waals surface area (Å²) in [7, 11) is 0. The highest BCUT2D eigenvalue weighted by Crippen LogP contribution is 2.29. The first-order chi connectivity index (χ1) is 9.18. The maximum atomic E-state index is 10.2. The number of fused-ring (bicyclic) bond motifs is 1. The molecule has 1 heterocycles. The molecule has 4 heteroatoms. The van der Waals surface area contributed by atoms with Crippen molar-refractivity contribution in [2.45, 2.75) is 69.6 Å². The van der Waals surface area contributed by atoms with Gasteiger partial charge in [-0.25, -0.2) is 0 Å². The van der Waals surface area contributed by atoms with Crippen molar-refractivity contribution in [1.82, 2.24) is 4.90 Å². The Balaban J connectivity index is 1.78. The zero-order valence-electron chi connectivity index (χ0n) is 12.3. The molecule has 1 saturated carbocycles. The first kappa shape index (κ1) is 15.2. The van der Waals surface area contributed by atoms with Crippen molar-refractivity contribution >= 4 is 0 Å². The molecule has 2 aliphatic rings. The molecule has 2 rings (SSSR count). The standard InChI is InChI=1S/C15H30N2O2/c1-2-15(18,12-16)8-5-9-17-10-11-19-14-7-4-3-6-13(14)17/h13-14,18H,2-12,16H2,1H3. The summed E-state index contributed by atoms with van der Waals surface area (Å²) in [5, 5.41) is 10.2. The summed E-state index contributed by atoms with van der Waals surface area (Å²) in [6.07, 6.45) is 8.21. The molecule has 0 aromatic heterocycles. The van der Waals surface area contributed by atoms with E-state index in [9.17, 15) is 5.11 Å². The van der Waals surface area contributed by atoms with Gasteiger partial charge in [0.1, 0.15) is 0 Å². The molecule has 1 aliphatic heterocycles. The molecule has 112 valence electrons. The van der Waals surface area contributed by atoms with Crippen LogP contribution >= 0.6 is 0 Å². The van der Waals surface area contributed by atoms with Gasteiger partial charge in [0.25, 0.3) is 0 Å². The topological polar surface area (TPSA) is 58.7 Å². The summed E-state index contributed by atoms with van der Waals surface area (Å²) < 4.78 is 5.89. The molecule has 0 aromatic carbocycles. The average molecular weight is 270 g/mol. The second-order valence-corrected chi connectivity index (χ2v) is 6.18. The molecule has 4 nitrogen and oxygen atoms in total. The Kier molecular flexibility index (Phi) is 5.63. The van der Waals surface area contributed by atoms with Gasteiger partial charge in [-0.3, -0.25) is 4.90 Å². The lowest BCUT2D eigenvalue weighted by Gasteiger charge is -2.44. The third-order valence-electron chi connectivity index (χ3n) is 4.97. The van der Waals surface area contributed by atoms with Crippen LogP contribution in [0.3, 0.4) is 0 Å². The zero-order chi connectivity index (χ0) is 13.7. The second-order valence-electron chi connectivity index (χ2n) is 6.18. The summed E-state index contributed by atoms with van der Waals surface area (Å²) in [4.78, 5) is 2.58. The van der Waals surface area contributed by atoms with Crippen molar-refractivity contribution in [2.24, 2.45) is 5.73 Å². The molecular formula is C15H30N2O2. The van der Waals surface area contributed by atoms with Gasteiger partial charge in [0.05, 0.1) is 18.3 Å². The molecule has 3 unspecified atom stereocenters. The lowest BCUT2D eigenvalue weighted by molar-refractivity contribution is -0.0896. The third-order valence-corrected chi connectivity index (χ3v) is 4.97. The molecule has 0 amide bonds. The number of aliphatic hydroxyl groups is 1. The van der Waals surface area contributed by atoms with Gasteiger partial charge in [0, 0.05) is 19.1 Å². The van der Waals surface area contributed by atoms with Crippen LogP contribution in [-0.2, 0) is 4.74 Å². The summed E-state index contributed by atoms with van der Waals surface area (Å²) >= 11 is 0. The van der Waals surface area contributed by atoms with Crippen molar-refractivity contribution in [3.63, 3.8) is 0 Å². The first-order valence-corrected chi connectivity index (χ1v) is 7.96. The van der Waals surface area contributed by atoms with Gasteiger partial charge in [0.2, 0.25) is 0 Å². The van der Waals surface area contributed by atoms with E-state index in [1.807, 2.05) is 6.92 Å². The predicted octanol–water partition coefficient (Wildman–Crippen LogP) is 1.51. The van der Waals surface area contributed by atoms with E-state index in [0.29, 0.717) is 18.7 Å². The van der Waals surface area contributed by atoms with Crippen molar-refractivity contribution in [3.05, 3.63) is 0 Å². The van der Waals surface area contributed by atoms with E-state index in [-0.39, 0.29) is 0 Å². The molecule has 0 radical (unpaired) electrons. The van der Waals surface area contributed by atoms with E-state index in [2.05, 4.69) is 4.90 Å². The molecule has 1 saturated heterocycles. The monoisotopic (exact) mass is 270 g/mol. The number of ether oxygens (including phenoxy) is 1. The minimum Gasteiger partial charge on any atom is -0.389 e. The predicted molar refractivity (Wildman–Crippen MR) is 77.1 cm³/mol. The quantitative estimate of drug-likeness (QED) is 0.768. The zero-order valence-corrected chi connectivity index (χ0v) is 12.3. The molecule has 0 spiro atoms. The van der Waals surface area contributed by atoms with E-state index in [4.69, 9.17) is 10.5 Å². The van der Waals surface area contributed by atoms with Crippen molar-refractivity contribution in [2.75, 3.05) is 26.2 Å². The number of hydrogen-bond acceptors (Lipinski definition) is 4. The molecule has 0 bridgehead atoms. The van der Waals surface area contributed by atoms with E-state index >= 15 is 0 Å². The van der Waals surface area contributed by atoms with Crippen LogP contribution in [0.2, 0.25) is 0 Å². The van der Waals surface area contributed by atoms with Gasteiger partial charge in [-0.1, -0.05) is 19.8 Å². The smallest absolute Gasteiger partial charge is 0.0767 e. The third kappa shape index (κ3) is 3.91. The SMILES string of the molecule is CCC(O)(CN)CCCN1CCOC2CCCCC21. The molecule has 3 N–H and O–H groups in total. The van der Waals surface area contributed by atoms with Gasteiger partial charge < -0.3 is 15.6 Å². The summed E-state index contributed by atoms with van der Waals surface area (Å²) in [5.74, 6) is 0. The van der Waals surface area contributed by atoms with E-state index in [0.717, 1.165) is 39.0 Å². The van der Waals surface area contributed by atoms with Crippen LogP contribution in [0, 0.1) is 0 Å². The van der Waals surface area contributed by atoms with E-state index in [1.165, 1.54) is 25.7 Å². The maximum absolute atomic E-state index is 10.2. The van der Waals surface area contributed by atoms with Gasteiger partial charge in [-0.15, -0.1) is 0 Å². The average Bonchev–Trinajstić information content (AvgIpc) is 2.47. The molecular weight excluding hydrogens is 240 g/mol.